The number of nitrogens with one attached hydrogen (secondary N) is 1. The van der Waals surface area contributed by atoms with Crippen LogP contribution in [0.2, 0.25) is 0 Å². The lowest BCUT2D eigenvalue weighted by molar-refractivity contribution is -0.191. The van der Waals surface area contributed by atoms with Crippen molar-refractivity contribution in [2.45, 2.75) is 64.6 Å². The molecule has 4 N–H and O–H groups in total. The predicted octanol–water partition coefficient (Wildman–Crippen LogP) is -0.591. The average molecular weight is 275 g/mol. The summed E-state index contributed by atoms with van der Waals surface area (Å²) in [6.07, 6.45) is -3.33. The van der Waals surface area contributed by atoms with Crippen molar-refractivity contribution >= 4 is 5.91 Å². The fourth-order valence-corrected chi connectivity index (χ4v) is 2.22. The molecule has 3 unspecified atom stereocenters. The van der Waals surface area contributed by atoms with E-state index in [4.69, 9.17) is 9.84 Å². The smallest absolute Gasteiger partial charge is 0.220 e. The second kappa shape index (κ2) is 6.17. The van der Waals surface area contributed by atoms with Crippen LogP contribution in [0.1, 0.15) is 34.1 Å². The number of hydrogen-bond donors (Lipinski definition) is 4. The molecule has 1 aliphatic rings. The van der Waals surface area contributed by atoms with Gasteiger partial charge in [0.05, 0.1) is 18.8 Å². The molecule has 112 valence electrons. The molecule has 0 radical (unpaired) electrons. The Kier molecular flexibility index (Phi) is 5.32. The number of rotatable bonds is 3. The Labute approximate surface area is 113 Å². The Hall–Kier alpha value is -0.690. The molecule has 19 heavy (non-hydrogen) atoms. The van der Waals surface area contributed by atoms with E-state index in [1.165, 1.54) is 0 Å². The normalized spacial score (nSPS) is 36.1. The van der Waals surface area contributed by atoms with E-state index < -0.39 is 30.5 Å². The van der Waals surface area contributed by atoms with Crippen molar-refractivity contribution in [3.8, 4) is 0 Å². The van der Waals surface area contributed by atoms with Gasteiger partial charge in [-0.25, -0.2) is 0 Å². The van der Waals surface area contributed by atoms with Crippen LogP contribution in [0.5, 0.6) is 0 Å². The van der Waals surface area contributed by atoms with E-state index in [0.717, 1.165) is 0 Å². The van der Waals surface area contributed by atoms with E-state index in [0.29, 0.717) is 6.42 Å². The van der Waals surface area contributed by atoms with Crippen LogP contribution in [0.25, 0.3) is 0 Å². The molecular weight excluding hydrogens is 250 g/mol. The Morgan fingerprint density at radius 2 is 1.84 bits per heavy atom. The maximum absolute atomic E-state index is 11.9. The van der Waals surface area contributed by atoms with Crippen molar-refractivity contribution in [2.24, 2.45) is 5.41 Å². The number of carbonyl (C=O) groups excluding carboxylic acids is 1. The first kappa shape index (κ1) is 16.4. The standard InChI is InChI=1S/C13H25NO5/c1-7-10(14-9(16)5-13(2,3)4)12(18)11(17)8(6-15)19-7/h7-8,10-12,15,17-18H,5-6H2,1-4H3,(H,14,16)/t7?,8?,10?,11-,12-/m1/s1. The molecule has 1 aliphatic heterocycles. The minimum absolute atomic E-state index is 0.153. The van der Waals surface area contributed by atoms with Crippen LogP contribution in [-0.4, -0.2) is 58.3 Å². The summed E-state index contributed by atoms with van der Waals surface area (Å²) >= 11 is 0. The van der Waals surface area contributed by atoms with Crippen molar-refractivity contribution in [3.63, 3.8) is 0 Å². The first-order valence-electron chi connectivity index (χ1n) is 6.57. The molecule has 1 rings (SSSR count). The van der Waals surface area contributed by atoms with Gasteiger partial charge in [-0.1, -0.05) is 20.8 Å². The molecule has 0 aliphatic carbocycles. The Balaban J connectivity index is 2.65. The van der Waals surface area contributed by atoms with Crippen LogP contribution in [0, 0.1) is 5.41 Å². The highest BCUT2D eigenvalue weighted by molar-refractivity contribution is 5.77. The van der Waals surface area contributed by atoms with Crippen molar-refractivity contribution < 1.29 is 24.9 Å². The summed E-state index contributed by atoms with van der Waals surface area (Å²) in [4.78, 5) is 11.9. The second-order valence-corrected chi connectivity index (χ2v) is 6.37. The topological polar surface area (TPSA) is 99.0 Å². The first-order valence-corrected chi connectivity index (χ1v) is 6.57. The van der Waals surface area contributed by atoms with Gasteiger partial charge < -0.3 is 25.4 Å². The Bertz CT molecular complexity index is 315. The highest BCUT2D eigenvalue weighted by Crippen LogP contribution is 2.22. The summed E-state index contributed by atoms with van der Waals surface area (Å²) < 4.78 is 5.39. The number of aliphatic hydroxyl groups excluding tert-OH is 3. The summed E-state index contributed by atoms with van der Waals surface area (Å²) in [5, 5.41) is 31.5. The molecule has 0 aromatic carbocycles. The molecule has 0 saturated carbocycles. The van der Waals surface area contributed by atoms with Gasteiger partial charge >= 0.3 is 0 Å². The van der Waals surface area contributed by atoms with Crippen LogP contribution in [-0.2, 0) is 9.53 Å². The zero-order valence-corrected chi connectivity index (χ0v) is 12.0. The van der Waals surface area contributed by atoms with Crippen LogP contribution in [0.4, 0.5) is 0 Å². The van der Waals surface area contributed by atoms with Crippen molar-refractivity contribution in [1.29, 1.82) is 0 Å². The van der Waals surface area contributed by atoms with Gasteiger partial charge in [0.2, 0.25) is 5.91 Å². The van der Waals surface area contributed by atoms with Gasteiger partial charge in [-0.15, -0.1) is 0 Å². The molecule has 6 nitrogen and oxygen atoms in total. The van der Waals surface area contributed by atoms with Crippen LogP contribution in [0.3, 0.4) is 0 Å². The third-order valence-corrected chi connectivity index (χ3v) is 3.19. The van der Waals surface area contributed by atoms with Gasteiger partial charge in [-0.2, -0.15) is 0 Å². The lowest BCUT2D eigenvalue weighted by Gasteiger charge is -2.41. The fraction of sp³-hybridized carbons (Fsp3) is 0.923. The number of hydrogen-bond acceptors (Lipinski definition) is 5. The molecule has 0 bridgehead atoms. The molecular formula is C13H25NO5. The lowest BCUT2D eigenvalue weighted by Crippen LogP contribution is -2.63. The zero-order valence-electron chi connectivity index (χ0n) is 12.0. The molecule has 5 atom stereocenters. The van der Waals surface area contributed by atoms with E-state index in [-0.39, 0.29) is 17.9 Å². The van der Waals surface area contributed by atoms with Gasteiger partial charge in [0, 0.05) is 6.42 Å². The summed E-state index contributed by atoms with van der Waals surface area (Å²) in [6, 6.07) is -0.673. The molecule has 1 amide bonds. The van der Waals surface area contributed by atoms with Crippen LogP contribution < -0.4 is 5.32 Å². The average Bonchev–Trinajstić information content (AvgIpc) is 2.27. The minimum Gasteiger partial charge on any atom is -0.394 e. The lowest BCUT2D eigenvalue weighted by atomic mass is 9.90. The summed E-state index contributed by atoms with van der Waals surface area (Å²) in [7, 11) is 0. The van der Waals surface area contributed by atoms with E-state index in [1.54, 1.807) is 6.92 Å². The molecule has 6 heteroatoms. The molecule has 0 aromatic heterocycles. The van der Waals surface area contributed by atoms with E-state index >= 15 is 0 Å². The number of ether oxygens (including phenoxy) is 1. The van der Waals surface area contributed by atoms with Gasteiger partial charge in [0.15, 0.2) is 0 Å². The predicted molar refractivity (Wildman–Crippen MR) is 69.4 cm³/mol. The van der Waals surface area contributed by atoms with Crippen molar-refractivity contribution in [1.82, 2.24) is 5.32 Å². The van der Waals surface area contributed by atoms with Gasteiger partial charge in [0.25, 0.3) is 0 Å². The Morgan fingerprint density at radius 3 is 2.32 bits per heavy atom. The molecule has 0 aromatic rings. The van der Waals surface area contributed by atoms with Crippen LogP contribution >= 0.6 is 0 Å². The summed E-state index contributed by atoms with van der Waals surface area (Å²) in [5.41, 5.74) is -0.153. The van der Waals surface area contributed by atoms with E-state index in [9.17, 15) is 15.0 Å². The van der Waals surface area contributed by atoms with Gasteiger partial charge in [-0.3, -0.25) is 4.79 Å². The molecule has 1 heterocycles. The SMILES string of the molecule is CC1OC(CO)[C@@H](O)[C@H](O)C1NC(=O)CC(C)(C)C. The van der Waals surface area contributed by atoms with Crippen LogP contribution in [0.15, 0.2) is 0 Å². The number of carbonyl (C=O) groups is 1. The molecule has 0 spiro atoms. The second-order valence-electron chi connectivity index (χ2n) is 6.37. The molecule has 1 saturated heterocycles. The van der Waals surface area contributed by atoms with E-state index in [1.807, 2.05) is 20.8 Å². The highest BCUT2D eigenvalue weighted by atomic mass is 16.5. The van der Waals surface area contributed by atoms with E-state index in [2.05, 4.69) is 5.32 Å². The maximum Gasteiger partial charge on any atom is 0.220 e. The van der Waals surface area contributed by atoms with Crippen molar-refractivity contribution in [3.05, 3.63) is 0 Å². The fourth-order valence-electron chi connectivity index (χ4n) is 2.22. The third-order valence-electron chi connectivity index (χ3n) is 3.19. The molecule has 1 fully saturated rings. The number of aliphatic hydroxyl groups is 3. The monoisotopic (exact) mass is 275 g/mol. The Morgan fingerprint density at radius 1 is 1.26 bits per heavy atom. The maximum atomic E-state index is 11.9. The minimum atomic E-state index is -1.21. The quantitative estimate of drug-likeness (QED) is 0.552. The third kappa shape index (κ3) is 4.42. The largest absolute Gasteiger partial charge is 0.394 e. The highest BCUT2D eigenvalue weighted by Gasteiger charge is 2.43. The van der Waals surface area contributed by atoms with Crippen molar-refractivity contribution in [2.75, 3.05) is 6.61 Å². The van der Waals surface area contributed by atoms with Gasteiger partial charge in [0.1, 0.15) is 18.3 Å². The summed E-state index contributed by atoms with van der Waals surface area (Å²) in [5.74, 6) is -0.193. The number of amides is 1. The first-order chi connectivity index (χ1) is 8.65. The summed E-state index contributed by atoms with van der Waals surface area (Å²) in [6.45, 7) is 7.16. The zero-order chi connectivity index (χ0) is 14.8. The van der Waals surface area contributed by atoms with Gasteiger partial charge in [-0.05, 0) is 12.3 Å².